The standard InChI is InChI=1S/C19H12ClNO4S/c1-10(20)18(22)24-12-7-6-11-8-13(19(23)25-15(11)9-12)17-21-14-4-2-3-5-16(14)26-17/h2-10H,1H3. The summed E-state index contributed by atoms with van der Waals surface area (Å²) in [5.74, 6) is -0.301. The highest BCUT2D eigenvalue weighted by Crippen LogP contribution is 2.30. The van der Waals surface area contributed by atoms with Gasteiger partial charge in [0.25, 0.3) is 0 Å². The summed E-state index contributed by atoms with van der Waals surface area (Å²) in [7, 11) is 0. The van der Waals surface area contributed by atoms with Crippen molar-refractivity contribution in [2.45, 2.75) is 12.3 Å². The number of fused-ring (bicyclic) bond motifs is 2. The van der Waals surface area contributed by atoms with Gasteiger partial charge in [-0.3, -0.25) is 4.79 Å². The summed E-state index contributed by atoms with van der Waals surface area (Å²) < 4.78 is 11.5. The molecule has 0 bridgehead atoms. The molecule has 130 valence electrons. The number of hydrogen-bond acceptors (Lipinski definition) is 6. The molecule has 0 saturated heterocycles. The molecule has 0 spiro atoms. The minimum absolute atomic E-state index is 0.269. The zero-order valence-corrected chi connectivity index (χ0v) is 15.1. The number of rotatable bonds is 3. The Morgan fingerprint density at radius 2 is 2.04 bits per heavy atom. The van der Waals surface area contributed by atoms with Crippen LogP contribution in [-0.4, -0.2) is 16.3 Å². The summed E-state index contributed by atoms with van der Waals surface area (Å²) >= 11 is 7.12. The minimum Gasteiger partial charge on any atom is -0.425 e. The van der Waals surface area contributed by atoms with Gasteiger partial charge in [0, 0.05) is 11.5 Å². The predicted molar refractivity (Wildman–Crippen MR) is 102 cm³/mol. The Morgan fingerprint density at radius 3 is 2.81 bits per heavy atom. The molecular weight excluding hydrogens is 374 g/mol. The van der Waals surface area contributed by atoms with Crippen molar-refractivity contribution in [2.24, 2.45) is 0 Å². The number of para-hydroxylation sites is 1. The van der Waals surface area contributed by atoms with Crippen LogP contribution in [0.3, 0.4) is 0 Å². The Bertz CT molecular complexity index is 1160. The molecule has 2 heterocycles. The average Bonchev–Trinajstić information content (AvgIpc) is 3.04. The lowest BCUT2D eigenvalue weighted by Crippen LogP contribution is -2.17. The van der Waals surface area contributed by atoms with Gasteiger partial charge in [-0.15, -0.1) is 22.9 Å². The topological polar surface area (TPSA) is 69.4 Å². The van der Waals surface area contributed by atoms with E-state index in [4.69, 9.17) is 20.8 Å². The number of carbonyl (C=O) groups is 1. The fraction of sp³-hybridized carbons (Fsp3) is 0.105. The van der Waals surface area contributed by atoms with Crippen molar-refractivity contribution in [1.29, 1.82) is 0 Å². The monoisotopic (exact) mass is 385 g/mol. The van der Waals surface area contributed by atoms with Gasteiger partial charge in [-0.1, -0.05) is 12.1 Å². The summed E-state index contributed by atoms with van der Waals surface area (Å²) in [5.41, 5.74) is 1.07. The molecule has 0 aliphatic carbocycles. The fourth-order valence-electron chi connectivity index (χ4n) is 2.49. The van der Waals surface area contributed by atoms with Gasteiger partial charge in [0.2, 0.25) is 0 Å². The first kappa shape index (κ1) is 16.8. The molecule has 1 unspecified atom stereocenters. The van der Waals surface area contributed by atoms with Crippen molar-refractivity contribution in [2.75, 3.05) is 0 Å². The second-order valence-corrected chi connectivity index (χ2v) is 7.36. The van der Waals surface area contributed by atoms with E-state index in [0.717, 1.165) is 10.2 Å². The smallest absolute Gasteiger partial charge is 0.346 e. The largest absolute Gasteiger partial charge is 0.425 e. The van der Waals surface area contributed by atoms with Crippen LogP contribution in [0.2, 0.25) is 0 Å². The number of aromatic nitrogens is 1. The van der Waals surface area contributed by atoms with Crippen LogP contribution in [0, 0.1) is 0 Å². The zero-order chi connectivity index (χ0) is 18.3. The lowest BCUT2D eigenvalue weighted by Gasteiger charge is -2.06. The normalized spacial score (nSPS) is 12.4. The number of alkyl halides is 1. The number of halogens is 1. The Hall–Kier alpha value is -2.70. The highest BCUT2D eigenvalue weighted by Gasteiger charge is 2.15. The molecule has 26 heavy (non-hydrogen) atoms. The molecule has 2 aromatic carbocycles. The predicted octanol–water partition coefficient (Wildman–Crippen LogP) is 4.60. The minimum atomic E-state index is -0.765. The fourth-order valence-corrected chi connectivity index (χ4v) is 3.50. The summed E-state index contributed by atoms with van der Waals surface area (Å²) in [6, 6.07) is 14.3. The van der Waals surface area contributed by atoms with Crippen LogP contribution in [0.25, 0.3) is 31.8 Å². The van der Waals surface area contributed by atoms with Crippen molar-refractivity contribution in [1.82, 2.24) is 4.98 Å². The van der Waals surface area contributed by atoms with E-state index in [1.807, 2.05) is 24.3 Å². The molecule has 0 aliphatic heterocycles. The van der Waals surface area contributed by atoms with Gasteiger partial charge in [-0.05, 0) is 37.3 Å². The lowest BCUT2D eigenvalue weighted by molar-refractivity contribution is -0.133. The number of carbonyl (C=O) groups excluding carboxylic acids is 1. The van der Waals surface area contributed by atoms with Gasteiger partial charge in [0.15, 0.2) is 0 Å². The summed E-state index contributed by atoms with van der Waals surface area (Å²) in [4.78, 5) is 28.5. The summed E-state index contributed by atoms with van der Waals surface area (Å²) in [6.07, 6.45) is 0. The molecule has 0 radical (unpaired) electrons. The summed E-state index contributed by atoms with van der Waals surface area (Å²) in [5, 5.41) is 0.546. The number of esters is 1. The molecule has 0 saturated carbocycles. The third-order valence-electron chi connectivity index (χ3n) is 3.77. The zero-order valence-electron chi connectivity index (χ0n) is 13.6. The van der Waals surface area contributed by atoms with E-state index < -0.39 is 17.0 Å². The van der Waals surface area contributed by atoms with Crippen molar-refractivity contribution in [3.05, 3.63) is 59.0 Å². The van der Waals surface area contributed by atoms with Crippen LogP contribution < -0.4 is 10.4 Å². The second kappa shape index (κ2) is 6.55. The molecule has 0 aliphatic rings. The van der Waals surface area contributed by atoms with Crippen LogP contribution in [0.4, 0.5) is 0 Å². The van der Waals surface area contributed by atoms with Crippen LogP contribution in [-0.2, 0) is 4.79 Å². The number of nitrogens with zero attached hydrogens (tertiary/aromatic N) is 1. The molecule has 5 nitrogen and oxygen atoms in total. The van der Waals surface area contributed by atoms with Gasteiger partial charge in [0.05, 0.1) is 15.8 Å². The van der Waals surface area contributed by atoms with Gasteiger partial charge in [-0.2, -0.15) is 0 Å². The van der Waals surface area contributed by atoms with Gasteiger partial charge in [-0.25, -0.2) is 9.78 Å². The van der Waals surface area contributed by atoms with Gasteiger partial charge < -0.3 is 9.15 Å². The molecule has 0 amide bonds. The quantitative estimate of drug-likeness (QED) is 0.223. The molecule has 2 aromatic heterocycles. The SMILES string of the molecule is CC(Cl)C(=O)Oc1ccc2cc(-c3nc4ccccc4s3)c(=O)oc2c1. The maximum Gasteiger partial charge on any atom is 0.346 e. The van der Waals surface area contributed by atoms with Crippen molar-refractivity contribution < 1.29 is 13.9 Å². The van der Waals surface area contributed by atoms with Crippen molar-refractivity contribution in [3.63, 3.8) is 0 Å². The second-order valence-electron chi connectivity index (χ2n) is 5.67. The van der Waals surface area contributed by atoms with Crippen LogP contribution >= 0.6 is 22.9 Å². The molecule has 0 N–H and O–H groups in total. The number of thiazole rings is 1. The molecular formula is C19H12ClNO4S. The number of ether oxygens (including phenoxy) is 1. The highest BCUT2D eigenvalue weighted by molar-refractivity contribution is 7.21. The van der Waals surface area contributed by atoms with Crippen molar-refractivity contribution >= 4 is 50.1 Å². The number of hydrogen-bond donors (Lipinski definition) is 0. The van der Waals surface area contributed by atoms with E-state index in [9.17, 15) is 9.59 Å². The molecule has 4 rings (SSSR count). The first-order valence-electron chi connectivity index (χ1n) is 7.81. The van der Waals surface area contributed by atoms with E-state index >= 15 is 0 Å². The number of benzene rings is 2. The highest BCUT2D eigenvalue weighted by atomic mass is 35.5. The van der Waals surface area contributed by atoms with Crippen molar-refractivity contribution in [3.8, 4) is 16.3 Å². The van der Waals surface area contributed by atoms with Gasteiger partial charge in [0.1, 0.15) is 21.7 Å². The van der Waals surface area contributed by atoms with E-state index in [0.29, 0.717) is 21.5 Å². The van der Waals surface area contributed by atoms with E-state index in [2.05, 4.69) is 4.98 Å². The van der Waals surface area contributed by atoms with E-state index in [1.54, 1.807) is 18.2 Å². The maximum absolute atomic E-state index is 12.4. The van der Waals surface area contributed by atoms with Crippen LogP contribution in [0.5, 0.6) is 5.75 Å². The molecule has 7 heteroatoms. The van der Waals surface area contributed by atoms with Crippen LogP contribution in [0.15, 0.2) is 57.7 Å². The Labute approximate surface area is 156 Å². The Morgan fingerprint density at radius 1 is 1.23 bits per heavy atom. The van der Waals surface area contributed by atoms with Gasteiger partial charge >= 0.3 is 11.6 Å². The molecule has 1 atom stereocenters. The van der Waals surface area contributed by atoms with E-state index in [1.165, 1.54) is 24.3 Å². The Balaban J connectivity index is 1.77. The third kappa shape index (κ3) is 3.09. The lowest BCUT2D eigenvalue weighted by atomic mass is 10.2. The third-order valence-corrected chi connectivity index (χ3v) is 5.02. The first-order valence-corrected chi connectivity index (χ1v) is 9.06. The molecule has 4 aromatic rings. The first-order chi connectivity index (χ1) is 12.5. The Kier molecular flexibility index (Phi) is 4.22. The molecule has 0 fully saturated rings. The average molecular weight is 386 g/mol. The van der Waals surface area contributed by atoms with E-state index in [-0.39, 0.29) is 5.75 Å². The maximum atomic E-state index is 12.4. The summed E-state index contributed by atoms with van der Waals surface area (Å²) in [6.45, 7) is 1.52. The van der Waals surface area contributed by atoms with Crippen LogP contribution in [0.1, 0.15) is 6.92 Å².